The van der Waals surface area contributed by atoms with Gasteiger partial charge in [-0.2, -0.15) is 9.50 Å². The molecular weight excluding hydrogens is 236 g/mol. The van der Waals surface area contributed by atoms with Crippen LogP contribution >= 0.6 is 0 Å². The van der Waals surface area contributed by atoms with E-state index in [1.54, 1.807) is 23.8 Å². The maximum absolute atomic E-state index is 4.89. The van der Waals surface area contributed by atoms with Crippen molar-refractivity contribution < 1.29 is 4.52 Å². The third kappa shape index (κ3) is 1.97. The van der Waals surface area contributed by atoms with Crippen LogP contribution in [0.2, 0.25) is 0 Å². The number of nitrogens with zero attached hydrogens (tertiary/aromatic N) is 7. The van der Waals surface area contributed by atoms with E-state index >= 15 is 0 Å². The van der Waals surface area contributed by atoms with Crippen molar-refractivity contribution in [3.8, 4) is 0 Å². The minimum absolute atomic E-state index is 0.564. The lowest BCUT2D eigenvalue weighted by Gasteiger charge is -2.04. The smallest absolute Gasteiger partial charge is 0.223 e. The number of hydrogen-bond donors (Lipinski definition) is 1. The van der Waals surface area contributed by atoms with Gasteiger partial charge in [-0.05, 0) is 10.4 Å². The van der Waals surface area contributed by atoms with Gasteiger partial charge in [-0.15, -0.1) is 5.10 Å². The average molecular weight is 246 g/mol. The van der Waals surface area contributed by atoms with Crippen molar-refractivity contribution in [3.05, 3.63) is 24.1 Å². The number of tetrazole rings is 1. The Bertz CT molecular complexity index is 659. The SMILES string of the molecule is Cc1nc(CCNc2cncc3nnnn23)no1. The van der Waals surface area contributed by atoms with E-state index in [1.165, 1.54) is 0 Å². The molecule has 0 saturated heterocycles. The van der Waals surface area contributed by atoms with Crippen molar-refractivity contribution in [1.82, 2.24) is 35.2 Å². The summed E-state index contributed by atoms with van der Waals surface area (Å²) in [5.74, 6) is 1.95. The monoisotopic (exact) mass is 246 g/mol. The zero-order valence-corrected chi connectivity index (χ0v) is 9.61. The van der Waals surface area contributed by atoms with Crippen LogP contribution < -0.4 is 5.32 Å². The lowest BCUT2D eigenvalue weighted by Crippen LogP contribution is -2.10. The molecule has 0 aliphatic rings. The second-order valence-corrected chi connectivity index (χ2v) is 3.65. The highest BCUT2D eigenvalue weighted by Gasteiger charge is 2.05. The van der Waals surface area contributed by atoms with Crippen LogP contribution in [0, 0.1) is 6.92 Å². The number of nitrogens with one attached hydrogen (secondary N) is 1. The van der Waals surface area contributed by atoms with E-state index in [0.29, 0.717) is 30.3 Å². The number of aryl methyl sites for hydroxylation is 1. The predicted octanol–water partition coefficient (Wildman–Crippen LogP) is -0.135. The van der Waals surface area contributed by atoms with E-state index in [9.17, 15) is 0 Å². The molecule has 18 heavy (non-hydrogen) atoms. The zero-order valence-electron chi connectivity index (χ0n) is 9.61. The molecule has 0 amide bonds. The Morgan fingerprint density at radius 1 is 1.39 bits per heavy atom. The Morgan fingerprint density at radius 3 is 3.17 bits per heavy atom. The fourth-order valence-corrected chi connectivity index (χ4v) is 1.54. The van der Waals surface area contributed by atoms with E-state index in [1.807, 2.05) is 0 Å². The third-order valence-corrected chi connectivity index (χ3v) is 2.33. The summed E-state index contributed by atoms with van der Waals surface area (Å²) in [5, 5.41) is 18.2. The van der Waals surface area contributed by atoms with Crippen LogP contribution in [-0.4, -0.2) is 41.7 Å². The first-order valence-corrected chi connectivity index (χ1v) is 5.38. The number of aromatic nitrogens is 7. The first kappa shape index (κ1) is 10.6. The fraction of sp³-hybridized carbons (Fsp3) is 0.333. The molecule has 3 rings (SSSR count). The van der Waals surface area contributed by atoms with Crippen LogP contribution in [0.5, 0.6) is 0 Å². The van der Waals surface area contributed by atoms with Crippen LogP contribution in [0.4, 0.5) is 5.82 Å². The van der Waals surface area contributed by atoms with Crippen molar-refractivity contribution in [2.45, 2.75) is 13.3 Å². The summed E-state index contributed by atoms with van der Waals surface area (Å²) in [7, 11) is 0. The Hall–Kier alpha value is -2.58. The van der Waals surface area contributed by atoms with E-state index in [-0.39, 0.29) is 0 Å². The average Bonchev–Trinajstić information content (AvgIpc) is 2.98. The number of fused-ring (bicyclic) bond motifs is 1. The van der Waals surface area contributed by atoms with Crippen molar-refractivity contribution in [3.63, 3.8) is 0 Å². The van der Waals surface area contributed by atoms with Gasteiger partial charge < -0.3 is 9.84 Å². The van der Waals surface area contributed by atoms with Crippen LogP contribution in [0.15, 0.2) is 16.9 Å². The predicted molar refractivity (Wildman–Crippen MR) is 59.8 cm³/mol. The summed E-state index contributed by atoms with van der Waals surface area (Å²) in [6, 6.07) is 0. The maximum Gasteiger partial charge on any atom is 0.223 e. The first-order valence-electron chi connectivity index (χ1n) is 5.38. The Morgan fingerprint density at radius 2 is 2.33 bits per heavy atom. The Balaban J connectivity index is 1.68. The lowest BCUT2D eigenvalue weighted by atomic mass is 10.4. The first-order chi connectivity index (χ1) is 8.83. The summed E-state index contributed by atoms with van der Waals surface area (Å²) >= 11 is 0. The molecular formula is C9H10N8O. The van der Waals surface area contributed by atoms with E-state index in [2.05, 4.69) is 36.0 Å². The molecule has 3 aromatic heterocycles. The molecule has 0 saturated carbocycles. The molecule has 9 heteroatoms. The molecule has 0 aromatic carbocycles. The van der Waals surface area contributed by atoms with Gasteiger partial charge in [0.05, 0.1) is 12.4 Å². The van der Waals surface area contributed by atoms with Crippen LogP contribution in [0.3, 0.4) is 0 Å². The lowest BCUT2D eigenvalue weighted by molar-refractivity contribution is 0.387. The van der Waals surface area contributed by atoms with Gasteiger partial charge in [0.1, 0.15) is 5.82 Å². The Kier molecular flexibility index (Phi) is 2.56. The maximum atomic E-state index is 4.89. The third-order valence-electron chi connectivity index (χ3n) is 2.33. The number of hydrogen-bond acceptors (Lipinski definition) is 8. The van der Waals surface area contributed by atoms with Crippen molar-refractivity contribution in [1.29, 1.82) is 0 Å². The highest BCUT2D eigenvalue weighted by atomic mass is 16.5. The van der Waals surface area contributed by atoms with Gasteiger partial charge in [-0.25, -0.2) is 0 Å². The van der Waals surface area contributed by atoms with E-state index < -0.39 is 0 Å². The molecule has 9 nitrogen and oxygen atoms in total. The fourth-order valence-electron chi connectivity index (χ4n) is 1.54. The topological polar surface area (TPSA) is 107 Å². The van der Waals surface area contributed by atoms with Crippen molar-refractivity contribution in [2.24, 2.45) is 0 Å². The van der Waals surface area contributed by atoms with Crippen molar-refractivity contribution in [2.75, 3.05) is 11.9 Å². The summed E-state index contributed by atoms with van der Waals surface area (Å²) in [6.45, 7) is 2.40. The van der Waals surface area contributed by atoms with Gasteiger partial charge in [0.2, 0.25) is 5.89 Å². The normalized spacial score (nSPS) is 10.9. The molecule has 1 N–H and O–H groups in total. The summed E-state index contributed by atoms with van der Waals surface area (Å²) in [4.78, 5) is 8.15. The van der Waals surface area contributed by atoms with Crippen LogP contribution in [0.1, 0.15) is 11.7 Å². The summed E-state index contributed by atoms with van der Waals surface area (Å²) in [6.07, 6.45) is 3.90. The second-order valence-electron chi connectivity index (χ2n) is 3.65. The largest absolute Gasteiger partial charge is 0.368 e. The summed E-state index contributed by atoms with van der Waals surface area (Å²) in [5.41, 5.74) is 0.593. The minimum Gasteiger partial charge on any atom is -0.368 e. The van der Waals surface area contributed by atoms with Gasteiger partial charge in [0, 0.05) is 19.9 Å². The Labute approximate surface area is 101 Å². The molecule has 0 fully saturated rings. The zero-order chi connectivity index (χ0) is 12.4. The molecule has 0 radical (unpaired) electrons. The number of rotatable bonds is 4. The van der Waals surface area contributed by atoms with E-state index in [0.717, 1.165) is 5.82 Å². The number of anilines is 1. The molecule has 0 bridgehead atoms. The molecule has 0 unspecified atom stereocenters. The minimum atomic E-state index is 0.564. The molecule has 0 atom stereocenters. The quantitative estimate of drug-likeness (QED) is 0.678. The summed E-state index contributed by atoms with van der Waals surface area (Å²) < 4.78 is 6.46. The highest BCUT2D eigenvalue weighted by molar-refractivity contribution is 5.43. The highest BCUT2D eigenvalue weighted by Crippen LogP contribution is 2.05. The van der Waals surface area contributed by atoms with Gasteiger partial charge in [0.25, 0.3) is 0 Å². The molecule has 92 valence electrons. The van der Waals surface area contributed by atoms with Gasteiger partial charge in [-0.1, -0.05) is 5.16 Å². The standard InChI is InChI=1S/C9H10N8O/c1-6-12-7(14-18-6)2-3-11-8-4-10-5-9-13-15-16-17(8)9/h4-5,11H,2-3H2,1H3. The van der Waals surface area contributed by atoms with Gasteiger partial charge in [-0.3, -0.25) is 4.98 Å². The molecule has 3 heterocycles. The molecule has 3 aromatic rings. The van der Waals surface area contributed by atoms with Crippen LogP contribution in [-0.2, 0) is 6.42 Å². The van der Waals surface area contributed by atoms with Crippen LogP contribution in [0.25, 0.3) is 5.65 Å². The second kappa shape index (κ2) is 4.35. The molecule has 0 aliphatic heterocycles. The molecule has 0 spiro atoms. The molecule has 0 aliphatic carbocycles. The van der Waals surface area contributed by atoms with Gasteiger partial charge >= 0.3 is 0 Å². The van der Waals surface area contributed by atoms with Crippen molar-refractivity contribution >= 4 is 11.5 Å². The van der Waals surface area contributed by atoms with Gasteiger partial charge in [0.15, 0.2) is 11.5 Å². The van der Waals surface area contributed by atoms with E-state index in [4.69, 9.17) is 4.52 Å².